The molecule has 1 amide bonds. The molecule has 0 spiro atoms. The van der Waals surface area contributed by atoms with E-state index in [0.29, 0.717) is 11.1 Å². The van der Waals surface area contributed by atoms with Crippen LogP contribution < -0.4 is 10.2 Å². The second kappa shape index (κ2) is 13.7. The van der Waals surface area contributed by atoms with Gasteiger partial charge in [-0.05, 0) is 53.9 Å². The number of hydrogen-bond donors (Lipinski definition) is 2. The van der Waals surface area contributed by atoms with Gasteiger partial charge in [0.05, 0.1) is 47.1 Å². The first-order valence-electron chi connectivity index (χ1n) is 14.1. The molecule has 0 radical (unpaired) electrons. The van der Waals surface area contributed by atoms with E-state index in [1.165, 1.54) is 60.4 Å². The second-order valence-corrected chi connectivity index (χ2v) is 13.0. The molecule has 2 aromatic carbocycles. The number of halogens is 8. The summed E-state index contributed by atoms with van der Waals surface area (Å²) in [6.07, 6.45) is -15.0. The molecule has 0 bridgehead atoms. The Morgan fingerprint density at radius 1 is 1.00 bits per heavy atom. The highest BCUT2D eigenvalue weighted by atomic mass is 32.2. The van der Waals surface area contributed by atoms with Gasteiger partial charge in [-0.15, -0.1) is 0 Å². The van der Waals surface area contributed by atoms with Gasteiger partial charge in [0.2, 0.25) is 0 Å². The molecule has 1 aromatic heterocycles. The van der Waals surface area contributed by atoms with E-state index in [0.717, 1.165) is 18.3 Å². The van der Waals surface area contributed by atoms with Crippen LogP contribution in [-0.4, -0.2) is 68.3 Å². The van der Waals surface area contributed by atoms with Crippen molar-refractivity contribution < 1.29 is 58.2 Å². The van der Waals surface area contributed by atoms with Crippen molar-refractivity contribution in [1.29, 1.82) is 0 Å². The molecule has 17 heteroatoms. The number of anilines is 1. The van der Waals surface area contributed by atoms with Crippen molar-refractivity contribution in [2.45, 2.75) is 54.7 Å². The lowest BCUT2D eigenvalue weighted by molar-refractivity contribution is -0.391. The number of carbonyl (C=O) groups is 1. The Morgan fingerprint density at radius 2 is 1.64 bits per heavy atom. The lowest BCUT2D eigenvalue weighted by atomic mass is 9.95. The first kappa shape index (κ1) is 36.0. The van der Waals surface area contributed by atoms with E-state index in [4.69, 9.17) is 0 Å². The first-order chi connectivity index (χ1) is 21.9. The lowest BCUT2D eigenvalue weighted by Crippen LogP contribution is -2.43. The van der Waals surface area contributed by atoms with Gasteiger partial charge < -0.3 is 20.1 Å². The molecule has 47 heavy (non-hydrogen) atoms. The van der Waals surface area contributed by atoms with E-state index in [1.54, 1.807) is 0 Å². The summed E-state index contributed by atoms with van der Waals surface area (Å²) < 4.78 is 133. The summed E-state index contributed by atoms with van der Waals surface area (Å²) >= 11 is 0. The van der Waals surface area contributed by atoms with Gasteiger partial charge in [-0.2, -0.15) is 35.1 Å². The summed E-state index contributed by atoms with van der Waals surface area (Å²) in [6.45, 7) is -0.169. The molecule has 1 saturated heterocycles. The van der Waals surface area contributed by atoms with Crippen molar-refractivity contribution in [3.05, 3.63) is 89.1 Å². The summed E-state index contributed by atoms with van der Waals surface area (Å²) in [6, 6.07) is 10.3. The third kappa shape index (κ3) is 8.37. The zero-order valence-electron chi connectivity index (χ0n) is 24.5. The highest BCUT2D eigenvalue weighted by molar-refractivity contribution is 7.91. The molecule has 1 aliphatic rings. The molecule has 2 N–H and O–H groups in total. The van der Waals surface area contributed by atoms with Crippen molar-refractivity contribution in [3.8, 4) is 0 Å². The maximum absolute atomic E-state index is 13.6. The summed E-state index contributed by atoms with van der Waals surface area (Å²) in [5.74, 6) is -1.32. The first-order valence-corrected chi connectivity index (χ1v) is 15.7. The molecule has 3 atom stereocenters. The topological polar surface area (TPSA) is 109 Å². The molecule has 0 aliphatic carbocycles. The van der Waals surface area contributed by atoms with Crippen LogP contribution in [0, 0.1) is 0 Å². The predicted molar refractivity (Wildman–Crippen MR) is 153 cm³/mol. The van der Waals surface area contributed by atoms with Gasteiger partial charge in [-0.25, -0.2) is 13.4 Å². The minimum absolute atomic E-state index is 0.00716. The predicted octanol–water partition coefficient (Wildman–Crippen LogP) is 5.89. The number of amides is 1. The molecular formula is C30H29F8N3O5S. The fraction of sp³-hybridized carbons (Fsp3) is 0.400. The van der Waals surface area contributed by atoms with Crippen molar-refractivity contribution in [2.24, 2.45) is 0 Å². The van der Waals surface area contributed by atoms with Gasteiger partial charge >= 0.3 is 18.5 Å². The molecule has 4 rings (SSSR count). The largest absolute Gasteiger partial charge is 0.482 e. The Hall–Kier alpha value is -3.83. The lowest BCUT2D eigenvalue weighted by Gasteiger charge is -2.28. The number of ether oxygens (including phenoxy) is 1. The number of hydrogen-bond acceptors (Lipinski definition) is 7. The second-order valence-electron chi connectivity index (χ2n) is 10.8. The number of benzene rings is 2. The highest BCUT2D eigenvalue weighted by Gasteiger charge is 2.60. The summed E-state index contributed by atoms with van der Waals surface area (Å²) in [5.41, 5.74) is -0.127. The molecule has 8 nitrogen and oxygen atoms in total. The van der Waals surface area contributed by atoms with Gasteiger partial charge in [-0.3, -0.25) is 4.79 Å². The van der Waals surface area contributed by atoms with Crippen LogP contribution in [0.4, 0.5) is 40.9 Å². The summed E-state index contributed by atoms with van der Waals surface area (Å²) in [4.78, 5) is 18.6. The average molecular weight is 696 g/mol. The Kier molecular flexibility index (Phi) is 10.5. The van der Waals surface area contributed by atoms with Gasteiger partial charge in [0.1, 0.15) is 5.82 Å². The van der Waals surface area contributed by atoms with Crippen LogP contribution in [0.25, 0.3) is 0 Å². The number of nitrogens with one attached hydrogen (secondary N) is 1. The molecule has 1 unspecified atom stereocenters. The van der Waals surface area contributed by atoms with Gasteiger partial charge in [0, 0.05) is 18.7 Å². The van der Waals surface area contributed by atoms with E-state index in [2.05, 4.69) is 15.0 Å². The standard InChI is InChI=1S/C30H29F8N3O5S/c1-2-47(44,45)24-10-5-19(6-11-24)25(16-42)40-27(43)20-7-12-26(39-14-20)41-15-21(18-3-8-22(9-4-18)28(31,32)33)13-23(41)17-46-30(37,38)29(34,35)36/h3-12,14,21,23,25,42H,2,13,15-17H2,1H3,(H,40,43)/t21?,23-,25-/m0/s1. The minimum atomic E-state index is -5.97. The van der Waals surface area contributed by atoms with Crippen molar-refractivity contribution in [1.82, 2.24) is 10.3 Å². The van der Waals surface area contributed by atoms with Crippen LogP contribution >= 0.6 is 0 Å². The van der Waals surface area contributed by atoms with Crippen LogP contribution in [-0.2, 0) is 20.8 Å². The van der Waals surface area contributed by atoms with Crippen molar-refractivity contribution >= 4 is 21.6 Å². The fourth-order valence-corrected chi connectivity index (χ4v) is 5.95. The zero-order chi connectivity index (χ0) is 34.8. The number of sulfone groups is 1. The number of alkyl halides is 8. The van der Waals surface area contributed by atoms with E-state index in [9.17, 15) is 53.4 Å². The van der Waals surface area contributed by atoms with E-state index in [-0.39, 0.29) is 35.0 Å². The number of aliphatic hydroxyl groups excluding tert-OH is 1. The fourth-order valence-electron chi connectivity index (χ4n) is 5.06. The highest BCUT2D eigenvalue weighted by Crippen LogP contribution is 2.40. The SMILES string of the molecule is CCS(=O)(=O)c1ccc([C@H](CO)NC(=O)c2ccc(N3CC(c4ccc(C(F)(F)F)cc4)C[C@H]3COC(F)(F)C(F)(F)F)nc2)cc1. The average Bonchev–Trinajstić information content (AvgIpc) is 3.46. The van der Waals surface area contributed by atoms with Crippen LogP contribution in [0.5, 0.6) is 0 Å². The number of pyridine rings is 1. The Bertz CT molecular complexity index is 1630. The molecule has 0 saturated carbocycles. The third-order valence-corrected chi connectivity index (χ3v) is 9.48. The summed E-state index contributed by atoms with van der Waals surface area (Å²) in [5, 5.41) is 12.4. The molecule has 2 heterocycles. The third-order valence-electron chi connectivity index (χ3n) is 7.72. The van der Waals surface area contributed by atoms with Gasteiger partial charge in [0.15, 0.2) is 9.84 Å². The Morgan fingerprint density at radius 3 is 2.15 bits per heavy atom. The molecule has 256 valence electrons. The van der Waals surface area contributed by atoms with Gasteiger partial charge in [-0.1, -0.05) is 31.2 Å². The van der Waals surface area contributed by atoms with Crippen molar-refractivity contribution in [3.63, 3.8) is 0 Å². The van der Waals surface area contributed by atoms with Gasteiger partial charge in [0.25, 0.3) is 5.91 Å². The maximum Gasteiger partial charge on any atom is 0.482 e. The normalized spacial score (nSPS) is 18.3. The van der Waals surface area contributed by atoms with Crippen LogP contribution in [0.15, 0.2) is 71.8 Å². The molecule has 3 aromatic rings. The van der Waals surface area contributed by atoms with Crippen molar-refractivity contribution in [2.75, 3.05) is 30.4 Å². The Labute approximate surface area is 264 Å². The monoisotopic (exact) mass is 695 g/mol. The number of rotatable bonds is 11. The zero-order valence-corrected chi connectivity index (χ0v) is 25.3. The van der Waals surface area contributed by atoms with Crippen LogP contribution in [0.3, 0.4) is 0 Å². The smallest absolute Gasteiger partial charge is 0.394 e. The Balaban J connectivity index is 1.52. The quantitative estimate of drug-likeness (QED) is 0.241. The molecule has 1 aliphatic heterocycles. The maximum atomic E-state index is 13.6. The van der Waals surface area contributed by atoms with E-state index in [1.807, 2.05) is 0 Å². The number of aliphatic hydroxyl groups is 1. The minimum Gasteiger partial charge on any atom is -0.394 e. The molecular weight excluding hydrogens is 666 g/mol. The van der Waals surface area contributed by atoms with Crippen LogP contribution in [0.2, 0.25) is 0 Å². The number of carbonyl (C=O) groups excluding carboxylic acids is 1. The number of nitrogens with zero attached hydrogens (tertiary/aromatic N) is 2. The number of aromatic nitrogens is 1. The van der Waals surface area contributed by atoms with E-state index < -0.39 is 71.0 Å². The summed E-state index contributed by atoms with van der Waals surface area (Å²) in [7, 11) is -3.47. The molecule has 1 fully saturated rings. The van der Waals surface area contributed by atoms with E-state index >= 15 is 0 Å². The van der Waals surface area contributed by atoms with Crippen LogP contribution in [0.1, 0.15) is 52.4 Å².